The van der Waals surface area contributed by atoms with Gasteiger partial charge in [-0.2, -0.15) is 0 Å². The van der Waals surface area contributed by atoms with Crippen LogP contribution in [0.2, 0.25) is 0 Å². The van der Waals surface area contributed by atoms with Crippen molar-refractivity contribution in [1.82, 2.24) is 0 Å². The Morgan fingerprint density at radius 1 is 0.429 bits per heavy atom. The van der Waals surface area contributed by atoms with Crippen LogP contribution in [0.4, 0.5) is 0 Å². The van der Waals surface area contributed by atoms with Gasteiger partial charge in [0.05, 0.1) is 0 Å². The molecule has 0 aromatic carbocycles. The standard InChI is InChI=1S/C6H12.BrH/c1-2-4-6-5-3-1;/h1-6H2;1H. The maximum Gasteiger partial charge on any atom is -0.0533 e. The third kappa shape index (κ3) is 3.10. The third-order valence-electron chi connectivity index (χ3n) is 1.50. The summed E-state index contributed by atoms with van der Waals surface area (Å²) in [5, 5.41) is 0. The molecule has 0 aliphatic heterocycles. The minimum absolute atomic E-state index is 0. The highest BCUT2D eigenvalue weighted by Gasteiger charge is 1.95. The second-order valence-corrected chi connectivity index (χ2v) is 2.12. The van der Waals surface area contributed by atoms with Crippen LogP contribution in [0.5, 0.6) is 0 Å². The van der Waals surface area contributed by atoms with Gasteiger partial charge in [-0.25, -0.2) is 0 Å². The van der Waals surface area contributed by atoms with Gasteiger partial charge in [0, 0.05) is 0 Å². The molecule has 0 nitrogen and oxygen atoms in total. The van der Waals surface area contributed by atoms with Crippen LogP contribution in [0.1, 0.15) is 38.5 Å². The zero-order chi connectivity index (χ0) is 4.24. The molecule has 1 heteroatoms. The number of hydrogen-bond donors (Lipinski definition) is 0. The van der Waals surface area contributed by atoms with Gasteiger partial charge in [-0.3, -0.25) is 0 Å². The molecule has 1 aliphatic carbocycles. The maximum absolute atomic E-state index is 1.50. The molecule has 44 valence electrons. The molecular weight excluding hydrogens is 152 g/mol. The van der Waals surface area contributed by atoms with Crippen LogP contribution in [0.25, 0.3) is 0 Å². The van der Waals surface area contributed by atoms with Gasteiger partial charge in [-0.15, -0.1) is 17.0 Å². The highest BCUT2D eigenvalue weighted by atomic mass is 79.9. The van der Waals surface area contributed by atoms with Gasteiger partial charge < -0.3 is 0 Å². The molecule has 0 atom stereocenters. The SMILES string of the molecule is Br.C1CCCCC1. The first-order valence-electron chi connectivity index (χ1n) is 3.00. The Balaban J connectivity index is 0.000000360. The molecule has 0 bridgehead atoms. The molecule has 1 rings (SSSR count). The van der Waals surface area contributed by atoms with Crippen LogP contribution < -0.4 is 0 Å². The Labute approximate surface area is 56.1 Å². The summed E-state index contributed by atoms with van der Waals surface area (Å²) in [7, 11) is 0. The van der Waals surface area contributed by atoms with Gasteiger partial charge in [0.15, 0.2) is 0 Å². The highest BCUT2D eigenvalue weighted by Crippen LogP contribution is 2.15. The Morgan fingerprint density at radius 3 is 0.714 bits per heavy atom. The van der Waals surface area contributed by atoms with Crippen LogP contribution in [0.15, 0.2) is 0 Å². The van der Waals surface area contributed by atoms with Gasteiger partial charge in [-0.05, 0) is 0 Å². The Morgan fingerprint density at radius 2 is 0.571 bits per heavy atom. The molecule has 0 aromatic heterocycles. The molecule has 0 radical (unpaired) electrons. The molecule has 0 saturated heterocycles. The van der Waals surface area contributed by atoms with Crippen molar-refractivity contribution < 1.29 is 0 Å². The summed E-state index contributed by atoms with van der Waals surface area (Å²) in [4.78, 5) is 0. The molecule has 0 heterocycles. The summed E-state index contributed by atoms with van der Waals surface area (Å²) < 4.78 is 0. The van der Waals surface area contributed by atoms with E-state index in [1.54, 1.807) is 0 Å². The van der Waals surface area contributed by atoms with Gasteiger partial charge in [-0.1, -0.05) is 38.5 Å². The summed E-state index contributed by atoms with van der Waals surface area (Å²) in [5.74, 6) is 0. The van der Waals surface area contributed by atoms with Crippen molar-refractivity contribution in [3.8, 4) is 0 Å². The summed E-state index contributed by atoms with van der Waals surface area (Å²) in [5.41, 5.74) is 0. The molecule has 7 heavy (non-hydrogen) atoms. The highest BCUT2D eigenvalue weighted by molar-refractivity contribution is 8.93. The smallest absolute Gasteiger partial charge is 0.0533 e. The molecule has 1 fully saturated rings. The monoisotopic (exact) mass is 164 g/mol. The lowest BCUT2D eigenvalue weighted by atomic mass is 10.0. The summed E-state index contributed by atoms with van der Waals surface area (Å²) >= 11 is 0. The van der Waals surface area contributed by atoms with E-state index in [1.165, 1.54) is 38.5 Å². The van der Waals surface area contributed by atoms with Crippen molar-refractivity contribution in [1.29, 1.82) is 0 Å². The first-order valence-corrected chi connectivity index (χ1v) is 3.00. The van der Waals surface area contributed by atoms with Crippen molar-refractivity contribution in [2.45, 2.75) is 38.5 Å². The van der Waals surface area contributed by atoms with Gasteiger partial charge >= 0.3 is 0 Å². The zero-order valence-corrected chi connectivity index (χ0v) is 6.36. The van der Waals surface area contributed by atoms with E-state index in [4.69, 9.17) is 0 Å². The van der Waals surface area contributed by atoms with Crippen molar-refractivity contribution >= 4 is 17.0 Å². The lowest BCUT2D eigenvalue weighted by molar-refractivity contribution is 0.504. The third-order valence-corrected chi connectivity index (χ3v) is 1.50. The molecular formula is C6H13Br. The van der Waals surface area contributed by atoms with Crippen molar-refractivity contribution in [2.75, 3.05) is 0 Å². The first kappa shape index (κ1) is 7.48. The van der Waals surface area contributed by atoms with E-state index in [0.717, 1.165) is 0 Å². The average Bonchev–Trinajstić information content (AvgIpc) is 1.72. The van der Waals surface area contributed by atoms with Crippen molar-refractivity contribution in [3.05, 3.63) is 0 Å². The Hall–Kier alpha value is 0.480. The number of hydrogen-bond acceptors (Lipinski definition) is 0. The van der Waals surface area contributed by atoms with E-state index < -0.39 is 0 Å². The number of rotatable bonds is 0. The molecule has 0 amide bonds. The topological polar surface area (TPSA) is 0 Å². The Bertz CT molecular complexity index is 19.7. The van der Waals surface area contributed by atoms with E-state index >= 15 is 0 Å². The molecule has 0 N–H and O–H groups in total. The zero-order valence-electron chi connectivity index (χ0n) is 4.65. The first-order chi connectivity index (χ1) is 3.00. The largest absolute Gasteiger partial charge is 0.114 e. The lowest BCUT2D eigenvalue weighted by Gasteiger charge is -2.05. The van der Waals surface area contributed by atoms with Crippen molar-refractivity contribution in [3.63, 3.8) is 0 Å². The second-order valence-electron chi connectivity index (χ2n) is 2.12. The van der Waals surface area contributed by atoms with Gasteiger partial charge in [0.25, 0.3) is 0 Å². The molecule has 0 spiro atoms. The molecule has 1 aliphatic rings. The van der Waals surface area contributed by atoms with E-state index in [9.17, 15) is 0 Å². The van der Waals surface area contributed by atoms with Crippen molar-refractivity contribution in [2.24, 2.45) is 0 Å². The average molecular weight is 165 g/mol. The predicted octanol–water partition coefficient (Wildman–Crippen LogP) is 2.92. The number of halogens is 1. The quantitative estimate of drug-likeness (QED) is 0.517. The lowest BCUT2D eigenvalue weighted by Crippen LogP contribution is -1.85. The maximum atomic E-state index is 1.50. The minimum atomic E-state index is 0. The predicted molar refractivity (Wildman–Crippen MR) is 38.0 cm³/mol. The summed E-state index contributed by atoms with van der Waals surface area (Å²) in [6, 6.07) is 0. The van der Waals surface area contributed by atoms with Gasteiger partial charge in [0.2, 0.25) is 0 Å². The van der Waals surface area contributed by atoms with Gasteiger partial charge in [0.1, 0.15) is 0 Å². The normalized spacial score (nSPS) is 20.6. The summed E-state index contributed by atoms with van der Waals surface area (Å²) in [6.45, 7) is 0. The van der Waals surface area contributed by atoms with Crippen LogP contribution >= 0.6 is 17.0 Å². The fourth-order valence-electron chi connectivity index (χ4n) is 1.06. The minimum Gasteiger partial charge on any atom is -0.114 e. The van der Waals surface area contributed by atoms with Crippen LogP contribution in [0, 0.1) is 0 Å². The van der Waals surface area contributed by atoms with Crippen LogP contribution in [-0.4, -0.2) is 0 Å². The molecule has 1 saturated carbocycles. The fraction of sp³-hybridized carbons (Fsp3) is 1.00. The van der Waals surface area contributed by atoms with Crippen LogP contribution in [0.3, 0.4) is 0 Å². The molecule has 0 aromatic rings. The van der Waals surface area contributed by atoms with Crippen LogP contribution in [-0.2, 0) is 0 Å². The fourth-order valence-corrected chi connectivity index (χ4v) is 1.06. The summed E-state index contributed by atoms with van der Waals surface area (Å²) in [6.07, 6.45) is 9.00. The van der Waals surface area contributed by atoms with E-state index in [1.807, 2.05) is 0 Å². The second kappa shape index (κ2) is 4.63. The van der Waals surface area contributed by atoms with E-state index in [2.05, 4.69) is 0 Å². The Kier molecular flexibility index (Phi) is 4.95. The van der Waals surface area contributed by atoms with E-state index in [-0.39, 0.29) is 17.0 Å². The van der Waals surface area contributed by atoms with E-state index in [0.29, 0.717) is 0 Å². The molecule has 0 unspecified atom stereocenters.